The molecule has 0 saturated carbocycles. The number of benzene rings is 1. The topological polar surface area (TPSA) is 18.5 Å². The van der Waals surface area contributed by atoms with Gasteiger partial charge >= 0.3 is 0 Å². The number of methoxy groups -OCH3 is 1. The van der Waals surface area contributed by atoms with E-state index in [-0.39, 0.29) is 6.10 Å². The van der Waals surface area contributed by atoms with E-state index in [9.17, 15) is 0 Å². The van der Waals surface area contributed by atoms with Crippen molar-refractivity contribution in [3.63, 3.8) is 0 Å². The highest BCUT2D eigenvalue weighted by molar-refractivity contribution is 8.00. The maximum Gasteiger partial charge on any atom is 0.119 e. The molecule has 2 nitrogen and oxygen atoms in total. The fraction of sp³-hybridized carbons (Fsp3) is 0.444. The monoisotopic (exact) mass is 336 g/mol. The lowest BCUT2D eigenvalue weighted by atomic mass is 9.90. The average molecular weight is 337 g/mol. The number of rotatable bonds is 4. The number of halogens is 1. The van der Waals surface area contributed by atoms with Crippen LogP contribution in [0.4, 0.5) is 0 Å². The summed E-state index contributed by atoms with van der Waals surface area (Å²) >= 11 is 8.20. The Morgan fingerprint density at radius 3 is 3.05 bits per heavy atom. The van der Waals surface area contributed by atoms with Gasteiger partial charge in [0.05, 0.1) is 19.8 Å². The van der Waals surface area contributed by atoms with E-state index in [4.69, 9.17) is 21.1 Å². The van der Waals surface area contributed by atoms with Crippen molar-refractivity contribution in [1.82, 2.24) is 0 Å². The van der Waals surface area contributed by atoms with E-state index in [1.807, 2.05) is 36.0 Å². The van der Waals surface area contributed by atoms with Crippen LogP contribution in [0.3, 0.4) is 0 Å². The summed E-state index contributed by atoms with van der Waals surface area (Å²) in [6.07, 6.45) is 7.65. The van der Waals surface area contributed by atoms with Gasteiger partial charge in [0.2, 0.25) is 0 Å². The Labute approximate surface area is 141 Å². The van der Waals surface area contributed by atoms with Crippen molar-refractivity contribution in [1.29, 1.82) is 0 Å². The Morgan fingerprint density at radius 2 is 2.23 bits per heavy atom. The first-order valence-corrected chi connectivity index (χ1v) is 8.93. The van der Waals surface area contributed by atoms with Crippen molar-refractivity contribution < 1.29 is 9.47 Å². The highest BCUT2D eigenvalue weighted by Crippen LogP contribution is 2.42. The summed E-state index contributed by atoms with van der Waals surface area (Å²) in [4.78, 5) is 0. The average Bonchev–Trinajstić information content (AvgIpc) is 2.53. The minimum atomic E-state index is 0.214. The van der Waals surface area contributed by atoms with Crippen LogP contribution in [0.2, 0.25) is 0 Å². The molecule has 4 heteroatoms. The van der Waals surface area contributed by atoms with Crippen LogP contribution in [-0.4, -0.2) is 23.7 Å². The van der Waals surface area contributed by atoms with Crippen LogP contribution in [-0.2, 0) is 11.3 Å². The quantitative estimate of drug-likeness (QED) is 0.788. The van der Waals surface area contributed by atoms with E-state index in [0.717, 1.165) is 22.8 Å². The summed E-state index contributed by atoms with van der Waals surface area (Å²) < 4.78 is 11.5. The van der Waals surface area contributed by atoms with Gasteiger partial charge in [0.1, 0.15) is 5.75 Å². The van der Waals surface area contributed by atoms with Crippen molar-refractivity contribution in [2.75, 3.05) is 7.11 Å². The van der Waals surface area contributed by atoms with E-state index >= 15 is 0 Å². The molecule has 3 rings (SSSR count). The molecule has 1 aliphatic carbocycles. The van der Waals surface area contributed by atoms with E-state index in [1.54, 1.807) is 7.11 Å². The van der Waals surface area contributed by atoms with Crippen LogP contribution in [0.1, 0.15) is 18.9 Å². The highest BCUT2D eigenvalue weighted by Gasteiger charge is 2.36. The normalized spacial score (nSPS) is 30.6. The molecule has 1 aromatic rings. The Bertz CT molecular complexity index is 584. The first kappa shape index (κ1) is 16.0. The molecule has 22 heavy (non-hydrogen) atoms. The lowest BCUT2D eigenvalue weighted by Crippen LogP contribution is -2.38. The molecule has 0 spiro atoms. The molecule has 1 saturated heterocycles. The third kappa shape index (κ3) is 3.70. The Hall–Kier alpha value is -0.900. The standard InChI is InChI=1S/C18H21ClO2S/c1-12-8-17(16-10-14(19)6-7-18(16)22-12)21-11-13-4-3-5-15(9-13)20-2/h3-7,9-10,12,16-18H,8,11H2,1-2H3/t12-,16-,17-,18-/m0/s1. The molecule has 1 aliphatic heterocycles. The molecule has 118 valence electrons. The van der Waals surface area contributed by atoms with E-state index < -0.39 is 0 Å². The molecule has 2 aliphatic rings. The minimum absolute atomic E-state index is 0.214. The van der Waals surface area contributed by atoms with Gasteiger partial charge < -0.3 is 9.47 Å². The summed E-state index contributed by atoms with van der Waals surface area (Å²) in [5.74, 6) is 1.24. The van der Waals surface area contributed by atoms with Crippen LogP contribution >= 0.6 is 23.4 Å². The van der Waals surface area contributed by atoms with Crippen molar-refractivity contribution in [2.45, 2.75) is 36.6 Å². The zero-order chi connectivity index (χ0) is 15.5. The highest BCUT2D eigenvalue weighted by atomic mass is 35.5. The number of ether oxygens (including phenoxy) is 2. The molecule has 0 N–H and O–H groups in total. The largest absolute Gasteiger partial charge is 0.497 e. The van der Waals surface area contributed by atoms with Crippen LogP contribution < -0.4 is 4.74 Å². The zero-order valence-electron chi connectivity index (χ0n) is 12.9. The van der Waals surface area contributed by atoms with Crippen molar-refractivity contribution in [2.24, 2.45) is 5.92 Å². The number of allylic oxidation sites excluding steroid dienone is 2. The van der Waals surface area contributed by atoms with Crippen LogP contribution in [0.25, 0.3) is 0 Å². The van der Waals surface area contributed by atoms with Crippen molar-refractivity contribution in [3.8, 4) is 5.75 Å². The molecular weight excluding hydrogens is 316 g/mol. The van der Waals surface area contributed by atoms with Crippen molar-refractivity contribution >= 4 is 23.4 Å². The molecule has 1 fully saturated rings. The second-order valence-corrected chi connectivity index (χ2v) is 7.89. The Morgan fingerprint density at radius 1 is 1.36 bits per heavy atom. The Kier molecular flexibility index (Phi) is 5.17. The molecule has 0 radical (unpaired) electrons. The molecule has 0 unspecified atom stereocenters. The fourth-order valence-electron chi connectivity index (χ4n) is 3.06. The molecule has 1 aromatic carbocycles. The van der Waals surface area contributed by atoms with E-state index in [2.05, 4.69) is 25.1 Å². The van der Waals surface area contributed by atoms with Crippen LogP contribution in [0.5, 0.6) is 5.75 Å². The summed E-state index contributed by atoms with van der Waals surface area (Å²) in [6.45, 7) is 2.88. The van der Waals surface area contributed by atoms with Gasteiger partial charge in [-0.05, 0) is 30.2 Å². The first-order valence-electron chi connectivity index (χ1n) is 7.61. The fourth-order valence-corrected chi connectivity index (χ4v) is 4.72. The first-order chi connectivity index (χ1) is 10.7. The van der Waals surface area contributed by atoms with Gasteiger partial charge in [-0.2, -0.15) is 11.8 Å². The predicted molar refractivity (Wildman–Crippen MR) is 93.6 cm³/mol. The molecule has 4 atom stereocenters. The predicted octanol–water partition coefficient (Wildman–Crippen LogP) is 4.78. The molecule has 0 amide bonds. The van der Waals surface area contributed by atoms with Crippen molar-refractivity contribution in [3.05, 3.63) is 53.1 Å². The van der Waals surface area contributed by atoms with Gasteiger partial charge in [0.25, 0.3) is 0 Å². The minimum Gasteiger partial charge on any atom is -0.497 e. The molecule has 1 heterocycles. The second kappa shape index (κ2) is 7.12. The summed E-state index contributed by atoms with van der Waals surface area (Å²) in [5.41, 5.74) is 1.14. The third-order valence-electron chi connectivity index (χ3n) is 4.16. The van der Waals surface area contributed by atoms with Gasteiger partial charge in [-0.3, -0.25) is 0 Å². The molecular formula is C18H21ClO2S. The summed E-state index contributed by atoms with van der Waals surface area (Å²) in [6, 6.07) is 8.06. The Balaban J connectivity index is 1.68. The molecule has 0 bridgehead atoms. The van der Waals surface area contributed by atoms with Gasteiger partial charge in [-0.1, -0.05) is 42.8 Å². The molecule has 0 aromatic heterocycles. The number of hydrogen-bond donors (Lipinski definition) is 0. The third-order valence-corrected chi connectivity index (χ3v) is 5.85. The maximum absolute atomic E-state index is 6.25. The van der Waals surface area contributed by atoms with Crippen LogP contribution in [0, 0.1) is 5.92 Å². The van der Waals surface area contributed by atoms with Gasteiger partial charge in [0.15, 0.2) is 0 Å². The number of fused-ring (bicyclic) bond motifs is 1. The zero-order valence-corrected chi connectivity index (χ0v) is 14.4. The van der Waals surface area contributed by atoms with Gasteiger partial charge in [-0.15, -0.1) is 0 Å². The number of hydrogen-bond acceptors (Lipinski definition) is 3. The van der Waals surface area contributed by atoms with E-state index in [0.29, 0.717) is 23.0 Å². The lowest BCUT2D eigenvalue weighted by molar-refractivity contribution is 0.00709. The van der Waals surface area contributed by atoms with E-state index in [1.165, 1.54) is 0 Å². The maximum atomic E-state index is 6.25. The smallest absolute Gasteiger partial charge is 0.119 e. The summed E-state index contributed by atoms with van der Waals surface area (Å²) in [7, 11) is 1.69. The SMILES string of the molecule is COc1cccc(CO[C@H]2C[C@H](C)S[C@H]3C=CC(Cl)=C[C@@H]23)c1. The summed E-state index contributed by atoms with van der Waals surface area (Å²) in [5, 5.41) is 1.90. The van der Waals surface area contributed by atoms with Gasteiger partial charge in [-0.25, -0.2) is 0 Å². The van der Waals surface area contributed by atoms with Crippen LogP contribution in [0.15, 0.2) is 47.5 Å². The van der Waals surface area contributed by atoms with Gasteiger partial charge in [0, 0.05) is 21.5 Å². The lowest BCUT2D eigenvalue weighted by Gasteiger charge is -2.39. The second-order valence-electron chi connectivity index (χ2n) is 5.84. The number of thioether (sulfide) groups is 1.